The smallest absolute Gasteiger partial charge is 0.333 e. The van der Waals surface area contributed by atoms with E-state index in [4.69, 9.17) is 37.9 Å². The van der Waals surface area contributed by atoms with Crippen LogP contribution >= 0.6 is 0 Å². The lowest BCUT2D eigenvalue weighted by Crippen LogP contribution is -2.52. The molecule has 2 heterocycles. The summed E-state index contributed by atoms with van der Waals surface area (Å²) in [6.45, 7) is 11.8. The van der Waals surface area contributed by atoms with Gasteiger partial charge in [0, 0.05) is 24.0 Å². The standard InChI is InChI=1S/C37H48O12/c1-25(2)35(40)44-19-29(38)17-42-31-11-5-27(6-12-31)9-15-33-46-21-37(22-47-33)23-48-34(49-24-37)16-10-28-7-13-32(14-8-28)43-18-30(39)20-45-36(41)26(3)4/h5-8,11-14,29-30,33-34,38-39H,1,3,9-10,15-24H2,2,4H3. The lowest BCUT2D eigenvalue weighted by molar-refractivity contribution is -0.303. The molecule has 2 saturated heterocycles. The molecule has 2 fully saturated rings. The zero-order chi connectivity index (χ0) is 35.2. The van der Waals surface area contributed by atoms with Crippen LogP contribution in [-0.4, -0.2) is 99.8 Å². The second-order valence-electron chi connectivity index (χ2n) is 12.7. The van der Waals surface area contributed by atoms with Crippen LogP contribution in [0.4, 0.5) is 0 Å². The fraction of sp³-hybridized carbons (Fsp3) is 0.514. The van der Waals surface area contributed by atoms with Gasteiger partial charge in [-0.2, -0.15) is 0 Å². The van der Waals surface area contributed by atoms with E-state index in [0.717, 1.165) is 24.0 Å². The van der Waals surface area contributed by atoms with Gasteiger partial charge >= 0.3 is 11.9 Å². The average Bonchev–Trinajstić information content (AvgIpc) is 3.11. The number of carbonyl (C=O) groups is 2. The van der Waals surface area contributed by atoms with Gasteiger partial charge in [-0.25, -0.2) is 9.59 Å². The topological polar surface area (TPSA) is 148 Å². The van der Waals surface area contributed by atoms with Gasteiger partial charge in [0.15, 0.2) is 12.6 Å². The predicted molar refractivity (Wildman–Crippen MR) is 178 cm³/mol. The zero-order valence-electron chi connectivity index (χ0n) is 28.3. The van der Waals surface area contributed by atoms with Crippen LogP contribution in [0.25, 0.3) is 0 Å². The number of hydrogen-bond acceptors (Lipinski definition) is 12. The second kappa shape index (κ2) is 18.8. The molecule has 2 N–H and O–H groups in total. The van der Waals surface area contributed by atoms with Crippen molar-refractivity contribution in [2.24, 2.45) is 5.41 Å². The van der Waals surface area contributed by atoms with Crippen LogP contribution in [0.5, 0.6) is 11.5 Å². The highest BCUT2D eigenvalue weighted by atomic mass is 16.7. The van der Waals surface area contributed by atoms with E-state index in [9.17, 15) is 19.8 Å². The number of ether oxygens (including phenoxy) is 8. The molecule has 2 aliphatic heterocycles. The molecule has 12 nitrogen and oxygen atoms in total. The first-order chi connectivity index (χ1) is 23.5. The Morgan fingerprint density at radius 1 is 0.673 bits per heavy atom. The van der Waals surface area contributed by atoms with Gasteiger partial charge in [-0.05, 0) is 62.1 Å². The third kappa shape index (κ3) is 12.9. The Balaban J connectivity index is 1.07. The third-order valence-corrected chi connectivity index (χ3v) is 7.88. The Bertz CT molecular complexity index is 1250. The molecule has 0 saturated carbocycles. The molecule has 49 heavy (non-hydrogen) atoms. The summed E-state index contributed by atoms with van der Waals surface area (Å²) in [5, 5.41) is 19.9. The van der Waals surface area contributed by atoms with Crippen molar-refractivity contribution in [3.05, 3.63) is 84.0 Å². The lowest BCUT2D eigenvalue weighted by Gasteiger charge is -2.43. The van der Waals surface area contributed by atoms with Crippen LogP contribution in [0.2, 0.25) is 0 Å². The molecule has 2 atom stereocenters. The number of aliphatic hydroxyl groups excluding tert-OH is 2. The van der Waals surface area contributed by atoms with Crippen LogP contribution in [0, 0.1) is 5.41 Å². The van der Waals surface area contributed by atoms with Gasteiger partial charge in [-0.3, -0.25) is 0 Å². The molecule has 0 aromatic heterocycles. The molecule has 12 heteroatoms. The monoisotopic (exact) mass is 684 g/mol. The molecule has 2 aliphatic rings. The van der Waals surface area contributed by atoms with Crippen molar-refractivity contribution in [3.8, 4) is 11.5 Å². The minimum absolute atomic E-state index is 0.000256. The fourth-order valence-corrected chi connectivity index (χ4v) is 4.90. The molecular weight excluding hydrogens is 636 g/mol. The summed E-state index contributed by atoms with van der Waals surface area (Å²) >= 11 is 0. The molecule has 0 aliphatic carbocycles. The molecule has 4 rings (SSSR count). The molecular formula is C37H48O12. The third-order valence-electron chi connectivity index (χ3n) is 7.88. The first-order valence-electron chi connectivity index (χ1n) is 16.4. The number of rotatable bonds is 18. The zero-order valence-corrected chi connectivity index (χ0v) is 28.3. The maximum Gasteiger partial charge on any atom is 0.333 e. The van der Waals surface area contributed by atoms with Gasteiger partial charge in [0.1, 0.15) is 50.1 Å². The van der Waals surface area contributed by atoms with Gasteiger partial charge in [-0.1, -0.05) is 37.4 Å². The summed E-state index contributed by atoms with van der Waals surface area (Å²) in [6.07, 6.45) is 0.405. The summed E-state index contributed by atoms with van der Waals surface area (Å²) in [4.78, 5) is 22.9. The van der Waals surface area contributed by atoms with E-state index < -0.39 is 24.1 Å². The average molecular weight is 685 g/mol. The number of hydrogen-bond donors (Lipinski definition) is 2. The maximum atomic E-state index is 11.4. The van der Waals surface area contributed by atoms with E-state index in [2.05, 4.69) is 13.2 Å². The van der Waals surface area contributed by atoms with Gasteiger partial charge in [0.05, 0.1) is 31.8 Å². The molecule has 2 aromatic rings. The molecule has 0 bridgehead atoms. The molecule has 268 valence electrons. The lowest BCUT2D eigenvalue weighted by atomic mass is 9.90. The summed E-state index contributed by atoms with van der Waals surface area (Å²) in [7, 11) is 0. The normalized spacial score (nSPS) is 21.7. The van der Waals surface area contributed by atoms with Gasteiger partial charge < -0.3 is 48.1 Å². The largest absolute Gasteiger partial charge is 0.491 e. The minimum Gasteiger partial charge on any atom is -0.491 e. The van der Waals surface area contributed by atoms with E-state index in [-0.39, 0.29) is 55.6 Å². The van der Waals surface area contributed by atoms with Crippen LogP contribution < -0.4 is 9.47 Å². The molecule has 0 amide bonds. The van der Waals surface area contributed by atoms with Crippen molar-refractivity contribution in [1.82, 2.24) is 0 Å². The number of esters is 2. The summed E-state index contributed by atoms with van der Waals surface area (Å²) < 4.78 is 45.3. The summed E-state index contributed by atoms with van der Waals surface area (Å²) in [5.41, 5.74) is 2.42. The highest BCUT2D eigenvalue weighted by Gasteiger charge is 2.41. The number of benzene rings is 2. The van der Waals surface area contributed by atoms with Crippen molar-refractivity contribution in [2.75, 3.05) is 52.9 Å². The van der Waals surface area contributed by atoms with Gasteiger partial charge in [-0.15, -0.1) is 0 Å². The first-order valence-corrected chi connectivity index (χ1v) is 16.4. The van der Waals surface area contributed by atoms with Crippen molar-refractivity contribution < 1.29 is 57.7 Å². The van der Waals surface area contributed by atoms with Crippen molar-refractivity contribution in [1.29, 1.82) is 0 Å². The highest BCUT2D eigenvalue weighted by molar-refractivity contribution is 5.87. The quantitative estimate of drug-likeness (QED) is 0.174. The van der Waals surface area contributed by atoms with E-state index >= 15 is 0 Å². The van der Waals surface area contributed by atoms with Gasteiger partial charge in [0.2, 0.25) is 0 Å². The van der Waals surface area contributed by atoms with E-state index in [1.54, 1.807) is 13.8 Å². The van der Waals surface area contributed by atoms with Crippen molar-refractivity contribution >= 4 is 11.9 Å². The predicted octanol–water partition coefficient (Wildman–Crippen LogP) is 3.70. The number of carbonyl (C=O) groups excluding carboxylic acids is 2. The molecule has 2 unspecified atom stereocenters. The molecule has 1 spiro atoms. The Labute approximate surface area is 287 Å². The van der Waals surface area contributed by atoms with Crippen LogP contribution in [0.15, 0.2) is 72.8 Å². The Morgan fingerprint density at radius 2 is 1.02 bits per heavy atom. The van der Waals surface area contributed by atoms with E-state index in [1.165, 1.54) is 0 Å². The molecule has 2 aromatic carbocycles. The first kappa shape index (κ1) is 38.0. The minimum atomic E-state index is -0.939. The fourth-order valence-electron chi connectivity index (χ4n) is 4.90. The van der Waals surface area contributed by atoms with E-state index in [1.807, 2.05) is 48.5 Å². The Morgan fingerprint density at radius 3 is 1.35 bits per heavy atom. The maximum absolute atomic E-state index is 11.4. The molecule has 0 radical (unpaired) electrons. The highest BCUT2D eigenvalue weighted by Crippen LogP contribution is 2.32. The summed E-state index contributed by atoms with van der Waals surface area (Å²) in [5.74, 6) is 0.123. The van der Waals surface area contributed by atoms with Gasteiger partial charge in [0.25, 0.3) is 0 Å². The second-order valence-corrected chi connectivity index (χ2v) is 12.7. The number of aliphatic hydroxyl groups is 2. The van der Waals surface area contributed by atoms with E-state index in [0.29, 0.717) is 50.8 Å². The Kier molecular flexibility index (Phi) is 14.6. The SMILES string of the molecule is C=C(C)C(=O)OCC(O)COc1ccc(CCC2OCC3(CO2)COC(CCc2ccc(OCC(O)COC(=O)C(=C)C)cc2)OC3)cc1. The van der Waals surface area contributed by atoms with Crippen LogP contribution in [-0.2, 0) is 50.9 Å². The van der Waals surface area contributed by atoms with Crippen molar-refractivity contribution in [2.45, 2.75) is 64.3 Å². The van der Waals surface area contributed by atoms with Crippen LogP contribution in [0.1, 0.15) is 37.8 Å². The number of aryl methyl sites for hydroxylation is 2. The summed E-state index contributed by atoms with van der Waals surface area (Å²) in [6, 6.07) is 15.2. The van der Waals surface area contributed by atoms with Crippen LogP contribution in [0.3, 0.4) is 0 Å². The Hall–Kier alpha value is -3.78. The van der Waals surface area contributed by atoms with Crippen molar-refractivity contribution in [3.63, 3.8) is 0 Å².